The Morgan fingerprint density at radius 1 is 1.36 bits per heavy atom. The summed E-state index contributed by atoms with van der Waals surface area (Å²) in [5.74, 6) is 0. The van der Waals surface area contributed by atoms with Crippen LogP contribution in [-0.2, 0) is 14.6 Å². The first-order valence-electron chi connectivity index (χ1n) is 3.18. The predicted molar refractivity (Wildman–Crippen MR) is 42.8 cm³/mol. The smallest absolute Gasteiger partial charge is 0.264 e. The fourth-order valence-corrected chi connectivity index (χ4v) is 0.845. The van der Waals surface area contributed by atoms with Crippen molar-refractivity contribution in [2.75, 3.05) is 6.61 Å². The molecule has 0 rings (SSSR count). The monoisotopic (exact) mass is 191 g/mol. The first-order valence-corrected chi connectivity index (χ1v) is 4.54. The second-order valence-corrected chi connectivity index (χ2v) is 3.05. The van der Waals surface area contributed by atoms with Crippen LogP contribution in [-0.4, -0.2) is 49.1 Å². The fourth-order valence-electron chi connectivity index (χ4n) is 0.516. The maximum absolute atomic E-state index is 9.93. The van der Waals surface area contributed by atoms with Crippen LogP contribution in [0.2, 0.25) is 0 Å². The van der Waals surface area contributed by atoms with Gasteiger partial charge in [0.05, 0.1) is 6.61 Å². The number of hydrogen-bond acceptors (Lipinski definition) is 3. The summed E-state index contributed by atoms with van der Waals surface area (Å²) >= 11 is 0. The van der Waals surface area contributed by atoms with Crippen molar-refractivity contribution in [3.63, 3.8) is 0 Å². The zero-order valence-corrected chi connectivity index (χ0v) is 9.73. The van der Waals surface area contributed by atoms with Crippen LogP contribution in [0.4, 0.5) is 0 Å². The van der Waals surface area contributed by atoms with Crippen LogP contribution in [0.15, 0.2) is 0 Å². The third-order valence-corrected chi connectivity index (χ3v) is 1.44. The van der Waals surface area contributed by atoms with Gasteiger partial charge in [0.25, 0.3) is 0 Å². The van der Waals surface area contributed by atoms with E-state index in [9.17, 15) is 8.42 Å². The van der Waals surface area contributed by atoms with Crippen molar-refractivity contribution in [2.24, 2.45) is 0 Å². The summed E-state index contributed by atoms with van der Waals surface area (Å²) in [6, 6.07) is 0. The van der Waals surface area contributed by atoms with Crippen LogP contribution in [0, 0.1) is 0 Å². The minimum absolute atomic E-state index is 0. The largest absolute Gasteiger partial charge is 0.397 e. The molecule has 0 saturated heterocycles. The van der Waals surface area contributed by atoms with E-state index < -0.39 is 10.4 Å². The van der Waals surface area contributed by atoms with Crippen LogP contribution in [0.5, 0.6) is 0 Å². The average molecular weight is 191 g/mol. The normalized spacial score (nSPS) is 10.7. The van der Waals surface area contributed by atoms with Gasteiger partial charge in [-0.3, -0.25) is 4.55 Å². The summed E-state index contributed by atoms with van der Waals surface area (Å²) in [4.78, 5) is 0. The van der Waals surface area contributed by atoms with E-state index >= 15 is 0 Å². The molecule has 0 bridgehead atoms. The van der Waals surface area contributed by atoms with Gasteiger partial charge in [0.15, 0.2) is 0 Å². The van der Waals surface area contributed by atoms with Crippen LogP contribution < -0.4 is 0 Å². The molecule has 0 aliphatic heterocycles. The number of rotatable bonds is 5. The first-order chi connectivity index (χ1) is 4.56. The Balaban J connectivity index is 0. The Morgan fingerprint density at radius 3 is 2.27 bits per heavy atom. The summed E-state index contributed by atoms with van der Waals surface area (Å²) in [5, 5.41) is 0. The van der Waals surface area contributed by atoms with Crippen molar-refractivity contribution in [3.05, 3.63) is 0 Å². The topological polar surface area (TPSA) is 63.6 Å². The predicted octanol–water partition coefficient (Wildman–Crippen LogP) is 0.615. The standard InChI is InChI=1S/C5H12O4S.Na/c1-2-3-4-5-9-10(6,7)8;/h2-5H2,1H3,(H,6,7,8);. The van der Waals surface area contributed by atoms with Crippen molar-refractivity contribution >= 4 is 40.0 Å². The SMILES string of the molecule is CCCCCOS(=O)(=O)O.[Na]. The first kappa shape index (κ1) is 14.4. The van der Waals surface area contributed by atoms with E-state index in [0.717, 1.165) is 12.8 Å². The molecule has 0 spiro atoms. The van der Waals surface area contributed by atoms with Crippen molar-refractivity contribution < 1.29 is 17.2 Å². The number of hydrogen-bond donors (Lipinski definition) is 1. The van der Waals surface area contributed by atoms with Crippen molar-refractivity contribution in [3.8, 4) is 0 Å². The van der Waals surface area contributed by atoms with E-state index in [-0.39, 0.29) is 36.2 Å². The molecule has 0 aromatic heterocycles. The molecule has 0 unspecified atom stereocenters. The molecule has 0 aliphatic carbocycles. The summed E-state index contributed by atoms with van der Waals surface area (Å²) in [6.45, 7) is 2.07. The fraction of sp³-hybridized carbons (Fsp3) is 1.00. The minimum Gasteiger partial charge on any atom is -0.264 e. The van der Waals surface area contributed by atoms with Gasteiger partial charge < -0.3 is 0 Å². The Bertz CT molecular complexity index is 165. The van der Waals surface area contributed by atoms with Gasteiger partial charge >= 0.3 is 10.4 Å². The molecule has 0 atom stereocenters. The molecule has 11 heavy (non-hydrogen) atoms. The second kappa shape index (κ2) is 7.52. The van der Waals surface area contributed by atoms with Crippen LogP contribution >= 0.6 is 0 Å². The minimum atomic E-state index is -4.20. The van der Waals surface area contributed by atoms with Crippen molar-refractivity contribution in [1.29, 1.82) is 0 Å². The van der Waals surface area contributed by atoms with Crippen LogP contribution in [0.25, 0.3) is 0 Å². The van der Waals surface area contributed by atoms with Gasteiger partial charge in [-0.2, -0.15) is 8.42 Å². The van der Waals surface area contributed by atoms with Gasteiger partial charge in [-0.25, -0.2) is 4.18 Å². The van der Waals surface area contributed by atoms with Gasteiger partial charge in [0, 0.05) is 29.6 Å². The van der Waals surface area contributed by atoms with Gasteiger partial charge in [0.2, 0.25) is 0 Å². The van der Waals surface area contributed by atoms with Gasteiger partial charge in [-0.1, -0.05) is 19.8 Å². The molecule has 0 heterocycles. The molecule has 1 radical (unpaired) electrons. The van der Waals surface area contributed by atoms with E-state index in [1.54, 1.807) is 0 Å². The van der Waals surface area contributed by atoms with Gasteiger partial charge in [-0.05, 0) is 6.42 Å². The average Bonchev–Trinajstić information content (AvgIpc) is 1.78. The van der Waals surface area contributed by atoms with Crippen LogP contribution in [0.1, 0.15) is 26.2 Å². The molecular formula is C5H12NaO4S. The van der Waals surface area contributed by atoms with Crippen molar-refractivity contribution in [2.45, 2.75) is 26.2 Å². The summed E-state index contributed by atoms with van der Waals surface area (Å²) in [5.41, 5.74) is 0. The molecule has 4 nitrogen and oxygen atoms in total. The Morgan fingerprint density at radius 2 is 1.91 bits per heavy atom. The molecule has 0 aromatic carbocycles. The van der Waals surface area contributed by atoms with Crippen LogP contribution in [0.3, 0.4) is 0 Å². The summed E-state index contributed by atoms with van der Waals surface area (Å²) < 4.78 is 32.0. The van der Waals surface area contributed by atoms with E-state index in [1.807, 2.05) is 6.92 Å². The maximum atomic E-state index is 9.93. The maximum Gasteiger partial charge on any atom is 0.397 e. The quantitative estimate of drug-likeness (QED) is 0.393. The Kier molecular flexibility index (Phi) is 9.84. The Labute approximate surface area is 89.6 Å². The summed E-state index contributed by atoms with van der Waals surface area (Å²) in [7, 11) is -4.20. The molecule has 0 aromatic rings. The molecule has 0 fully saturated rings. The zero-order chi connectivity index (χ0) is 8.04. The van der Waals surface area contributed by atoms with E-state index in [2.05, 4.69) is 4.18 Å². The summed E-state index contributed by atoms with van der Waals surface area (Å²) in [6.07, 6.45) is 2.57. The zero-order valence-electron chi connectivity index (χ0n) is 6.91. The molecule has 63 valence electrons. The van der Waals surface area contributed by atoms with E-state index in [0.29, 0.717) is 6.42 Å². The van der Waals surface area contributed by atoms with Crippen molar-refractivity contribution in [1.82, 2.24) is 0 Å². The Hall–Kier alpha value is 0.870. The third-order valence-electron chi connectivity index (χ3n) is 0.980. The second-order valence-electron chi connectivity index (χ2n) is 1.96. The molecule has 1 N–H and O–H groups in total. The molecule has 6 heteroatoms. The van der Waals surface area contributed by atoms with E-state index in [4.69, 9.17) is 4.55 Å². The third kappa shape index (κ3) is 13.8. The number of unbranched alkanes of at least 4 members (excludes halogenated alkanes) is 2. The molecule has 0 aliphatic rings. The molecule has 0 saturated carbocycles. The molecular weight excluding hydrogens is 179 g/mol. The van der Waals surface area contributed by atoms with Gasteiger partial charge in [0.1, 0.15) is 0 Å². The molecule has 0 amide bonds. The van der Waals surface area contributed by atoms with E-state index in [1.165, 1.54) is 0 Å². The van der Waals surface area contributed by atoms with Gasteiger partial charge in [-0.15, -0.1) is 0 Å².